The maximum absolute atomic E-state index is 13.4. The van der Waals surface area contributed by atoms with Gasteiger partial charge < -0.3 is 24.4 Å². The van der Waals surface area contributed by atoms with Crippen molar-refractivity contribution >= 4 is 22.8 Å². The zero-order chi connectivity index (χ0) is 21.8. The number of carbonyl (C=O) groups excluding carboxylic acids is 2. The van der Waals surface area contributed by atoms with Crippen LogP contribution in [0.4, 0.5) is 4.79 Å². The number of methoxy groups -OCH3 is 1. The Balaban J connectivity index is 1.32. The van der Waals surface area contributed by atoms with Crippen LogP contribution in [0.25, 0.3) is 10.9 Å². The zero-order valence-electron chi connectivity index (χ0n) is 18.6. The third-order valence-corrected chi connectivity index (χ3v) is 7.25. The number of aromatic nitrogens is 1. The highest BCUT2D eigenvalue weighted by atomic mass is 16.5. The van der Waals surface area contributed by atoms with E-state index < -0.39 is 5.54 Å². The van der Waals surface area contributed by atoms with Crippen LogP contribution in [0.3, 0.4) is 0 Å². The van der Waals surface area contributed by atoms with Gasteiger partial charge in [0.15, 0.2) is 0 Å². The Morgan fingerprint density at radius 2 is 1.90 bits per heavy atom. The highest BCUT2D eigenvalue weighted by Gasteiger charge is 2.56. The molecule has 1 N–H and O–H groups in total. The highest BCUT2D eigenvalue weighted by molar-refractivity contribution is 6.07. The number of benzene rings is 1. The number of nitrogens with one attached hydrogen (secondary N) is 1. The van der Waals surface area contributed by atoms with Crippen LogP contribution in [0.15, 0.2) is 18.2 Å². The van der Waals surface area contributed by atoms with Gasteiger partial charge >= 0.3 is 6.03 Å². The van der Waals surface area contributed by atoms with Gasteiger partial charge in [-0.05, 0) is 50.7 Å². The van der Waals surface area contributed by atoms with E-state index in [1.54, 1.807) is 12.0 Å². The second kappa shape index (κ2) is 7.53. The number of ether oxygens (including phenoxy) is 1. The van der Waals surface area contributed by atoms with Crippen molar-refractivity contribution < 1.29 is 14.3 Å². The number of carbonyl (C=O) groups is 2. The molecule has 3 amide bonds. The Morgan fingerprint density at radius 3 is 2.65 bits per heavy atom. The SMILES string of the molecule is COc1ccc2[nH]c3c(c2c1)C[C@@]1(C)C(=O)N(CCCN2CCN(C)CC2)C(=O)N1C3. The number of H-pyrrole nitrogens is 1. The minimum atomic E-state index is -0.823. The Labute approximate surface area is 182 Å². The lowest BCUT2D eigenvalue weighted by atomic mass is 9.86. The number of amides is 3. The molecule has 5 rings (SSSR count). The van der Waals surface area contributed by atoms with Gasteiger partial charge in [-0.15, -0.1) is 0 Å². The van der Waals surface area contributed by atoms with Gasteiger partial charge in [-0.2, -0.15) is 0 Å². The summed E-state index contributed by atoms with van der Waals surface area (Å²) in [4.78, 5) is 38.0. The molecule has 8 heteroatoms. The molecular formula is C23H31N5O3. The highest BCUT2D eigenvalue weighted by Crippen LogP contribution is 2.41. The average molecular weight is 426 g/mol. The molecule has 3 aliphatic rings. The first-order chi connectivity index (χ1) is 14.9. The largest absolute Gasteiger partial charge is 0.497 e. The molecule has 2 aromatic rings. The number of hydrogen-bond donors (Lipinski definition) is 1. The first kappa shape index (κ1) is 20.3. The molecule has 0 aliphatic carbocycles. The number of hydrogen-bond acceptors (Lipinski definition) is 5. The number of urea groups is 1. The minimum Gasteiger partial charge on any atom is -0.497 e. The lowest BCUT2D eigenvalue weighted by Crippen LogP contribution is -2.51. The Bertz CT molecular complexity index is 1030. The number of nitrogens with zero attached hydrogens (tertiary/aromatic N) is 4. The third kappa shape index (κ3) is 3.29. The topological polar surface area (TPSA) is 72.1 Å². The second-order valence-electron chi connectivity index (χ2n) is 9.27. The van der Waals surface area contributed by atoms with Crippen LogP contribution >= 0.6 is 0 Å². The molecular weight excluding hydrogens is 394 g/mol. The van der Waals surface area contributed by atoms with Gasteiger partial charge in [0.05, 0.1) is 13.7 Å². The summed E-state index contributed by atoms with van der Waals surface area (Å²) in [5.74, 6) is 0.722. The molecule has 1 atom stereocenters. The lowest BCUT2D eigenvalue weighted by Gasteiger charge is -2.35. The van der Waals surface area contributed by atoms with Crippen LogP contribution in [0.5, 0.6) is 5.75 Å². The molecule has 0 spiro atoms. The van der Waals surface area contributed by atoms with E-state index in [0.29, 0.717) is 19.5 Å². The van der Waals surface area contributed by atoms with E-state index in [4.69, 9.17) is 4.74 Å². The van der Waals surface area contributed by atoms with E-state index in [-0.39, 0.29) is 11.9 Å². The van der Waals surface area contributed by atoms with Gasteiger partial charge in [-0.25, -0.2) is 4.79 Å². The average Bonchev–Trinajstić information content (AvgIpc) is 3.20. The Kier molecular flexibility index (Phi) is 4.94. The van der Waals surface area contributed by atoms with E-state index in [1.807, 2.05) is 25.1 Å². The maximum atomic E-state index is 13.4. The molecule has 2 saturated heterocycles. The molecule has 1 aromatic carbocycles. The van der Waals surface area contributed by atoms with Crippen molar-refractivity contribution in [1.82, 2.24) is 24.6 Å². The summed E-state index contributed by atoms with van der Waals surface area (Å²) in [6.07, 6.45) is 1.34. The lowest BCUT2D eigenvalue weighted by molar-refractivity contribution is -0.133. The van der Waals surface area contributed by atoms with Crippen molar-refractivity contribution in [3.8, 4) is 5.75 Å². The van der Waals surface area contributed by atoms with Gasteiger partial charge in [-0.1, -0.05) is 0 Å². The summed E-state index contributed by atoms with van der Waals surface area (Å²) < 4.78 is 5.39. The van der Waals surface area contributed by atoms with Gasteiger partial charge in [0.1, 0.15) is 11.3 Å². The van der Waals surface area contributed by atoms with Gasteiger partial charge in [0.25, 0.3) is 5.91 Å². The zero-order valence-corrected chi connectivity index (χ0v) is 18.6. The first-order valence-corrected chi connectivity index (χ1v) is 11.1. The second-order valence-corrected chi connectivity index (χ2v) is 9.27. The molecule has 4 heterocycles. The monoisotopic (exact) mass is 425 g/mol. The van der Waals surface area contributed by atoms with E-state index in [1.165, 1.54) is 4.90 Å². The molecule has 31 heavy (non-hydrogen) atoms. The molecule has 8 nitrogen and oxygen atoms in total. The molecule has 0 unspecified atom stereocenters. The molecule has 0 radical (unpaired) electrons. The molecule has 1 aromatic heterocycles. The number of piperazine rings is 1. The Hall–Kier alpha value is -2.58. The number of rotatable bonds is 5. The van der Waals surface area contributed by atoms with Crippen LogP contribution in [-0.2, 0) is 17.8 Å². The standard InChI is InChI=1S/C23H31N5O3/c1-23-14-18-17-13-16(31-3)5-6-19(17)24-20(18)15-28(23)22(30)27(21(23)29)8-4-7-26-11-9-25(2)10-12-26/h5-6,13,24H,4,7-12,14-15H2,1-3H3/t23-/m0/s1. The van der Waals surface area contributed by atoms with Crippen LogP contribution < -0.4 is 4.74 Å². The molecule has 0 saturated carbocycles. The fourth-order valence-electron chi connectivity index (χ4n) is 5.23. The third-order valence-electron chi connectivity index (χ3n) is 7.25. The van der Waals surface area contributed by atoms with Crippen LogP contribution in [0.1, 0.15) is 24.6 Å². The fourth-order valence-corrected chi connectivity index (χ4v) is 5.23. The normalized spacial score (nSPS) is 24.7. The van der Waals surface area contributed by atoms with Crippen LogP contribution in [0.2, 0.25) is 0 Å². The Morgan fingerprint density at radius 1 is 1.13 bits per heavy atom. The number of imide groups is 1. The van der Waals surface area contributed by atoms with Gasteiger partial charge in [-0.3, -0.25) is 9.69 Å². The fraction of sp³-hybridized carbons (Fsp3) is 0.565. The maximum Gasteiger partial charge on any atom is 0.328 e. The first-order valence-electron chi connectivity index (χ1n) is 11.1. The molecule has 3 aliphatic heterocycles. The van der Waals surface area contributed by atoms with Gasteiger partial charge in [0.2, 0.25) is 0 Å². The molecule has 0 bridgehead atoms. The van der Waals surface area contributed by atoms with Crippen LogP contribution in [-0.4, -0.2) is 95.5 Å². The van der Waals surface area contributed by atoms with Crippen molar-refractivity contribution in [2.45, 2.75) is 31.8 Å². The molecule has 2 fully saturated rings. The van der Waals surface area contributed by atoms with Crippen molar-refractivity contribution in [2.75, 3.05) is 53.4 Å². The summed E-state index contributed by atoms with van der Waals surface area (Å²) in [6, 6.07) is 5.77. The predicted octanol–water partition coefficient (Wildman–Crippen LogP) is 1.89. The van der Waals surface area contributed by atoms with E-state index in [9.17, 15) is 9.59 Å². The van der Waals surface area contributed by atoms with E-state index in [2.05, 4.69) is 21.8 Å². The van der Waals surface area contributed by atoms with Crippen molar-refractivity contribution in [3.63, 3.8) is 0 Å². The number of aromatic amines is 1. The molecule has 166 valence electrons. The summed E-state index contributed by atoms with van der Waals surface area (Å²) in [6.45, 7) is 8.00. The summed E-state index contributed by atoms with van der Waals surface area (Å²) >= 11 is 0. The van der Waals surface area contributed by atoms with Crippen LogP contribution in [0, 0.1) is 0 Å². The predicted molar refractivity (Wildman–Crippen MR) is 118 cm³/mol. The van der Waals surface area contributed by atoms with E-state index >= 15 is 0 Å². The summed E-state index contributed by atoms with van der Waals surface area (Å²) in [5, 5.41) is 1.07. The van der Waals surface area contributed by atoms with Crippen molar-refractivity contribution in [3.05, 3.63) is 29.5 Å². The minimum absolute atomic E-state index is 0.0706. The van der Waals surface area contributed by atoms with Crippen molar-refractivity contribution in [1.29, 1.82) is 0 Å². The summed E-state index contributed by atoms with van der Waals surface area (Å²) in [7, 11) is 3.80. The van der Waals surface area contributed by atoms with Gasteiger partial charge in [0, 0.05) is 55.7 Å². The quantitative estimate of drug-likeness (QED) is 0.741. The number of fused-ring (bicyclic) bond motifs is 4. The smallest absolute Gasteiger partial charge is 0.328 e. The number of likely N-dealkylation sites (N-methyl/N-ethyl adjacent to an activating group) is 1. The van der Waals surface area contributed by atoms with E-state index in [0.717, 1.165) is 67.1 Å². The van der Waals surface area contributed by atoms with Crippen molar-refractivity contribution in [2.24, 2.45) is 0 Å². The summed E-state index contributed by atoms with van der Waals surface area (Å²) in [5.41, 5.74) is 2.32.